The van der Waals surface area contributed by atoms with E-state index < -0.39 is 11.7 Å². The zero-order valence-electron chi connectivity index (χ0n) is 17.5. The smallest absolute Gasteiger partial charge is 0.408 e. The average molecular weight is 448 g/mol. The lowest BCUT2D eigenvalue weighted by Crippen LogP contribution is -2.37. The minimum absolute atomic E-state index is 0.00888. The van der Waals surface area contributed by atoms with Gasteiger partial charge >= 0.3 is 17.6 Å². The van der Waals surface area contributed by atoms with Crippen LogP contribution in [0.3, 0.4) is 0 Å². The van der Waals surface area contributed by atoms with Crippen molar-refractivity contribution in [1.29, 1.82) is 0 Å². The second kappa shape index (κ2) is 9.65. The maximum atomic E-state index is 12.4. The van der Waals surface area contributed by atoms with Gasteiger partial charge in [-0.1, -0.05) is 29.6 Å². The molecule has 9 nitrogen and oxygen atoms in total. The van der Waals surface area contributed by atoms with Crippen LogP contribution >= 0.6 is 11.6 Å². The molecular weight excluding hydrogens is 422 g/mol. The van der Waals surface area contributed by atoms with Gasteiger partial charge in [-0.15, -0.1) is 0 Å². The lowest BCUT2D eigenvalue weighted by atomic mass is 10.2. The van der Waals surface area contributed by atoms with Crippen molar-refractivity contribution in [2.75, 3.05) is 19.6 Å². The van der Waals surface area contributed by atoms with Crippen LogP contribution in [0.25, 0.3) is 11.1 Å². The Balaban J connectivity index is 1.33. The van der Waals surface area contributed by atoms with Crippen LogP contribution in [-0.2, 0) is 6.54 Å². The lowest BCUT2D eigenvalue weighted by molar-refractivity contribution is 0.0904. The van der Waals surface area contributed by atoms with Crippen LogP contribution in [0, 0.1) is 0 Å². The first-order valence-electron chi connectivity index (χ1n) is 10.6. The molecule has 1 aliphatic rings. The van der Waals surface area contributed by atoms with Crippen molar-refractivity contribution in [3.05, 3.63) is 45.5 Å². The Bertz CT molecular complexity index is 1100. The first-order valence-corrected chi connectivity index (χ1v) is 11.0. The molecule has 1 aliphatic heterocycles. The number of fused-ring (bicyclic) bond motifs is 1. The number of rotatable bonds is 7. The van der Waals surface area contributed by atoms with E-state index >= 15 is 0 Å². The molecule has 31 heavy (non-hydrogen) atoms. The minimum atomic E-state index is -0.560. The maximum Gasteiger partial charge on any atom is 0.420 e. The van der Waals surface area contributed by atoms with E-state index in [1.807, 2.05) is 0 Å². The van der Waals surface area contributed by atoms with Gasteiger partial charge < -0.3 is 19.2 Å². The van der Waals surface area contributed by atoms with Crippen molar-refractivity contribution in [3.63, 3.8) is 0 Å². The maximum absolute atomic E-state index is 12.4. The zero-order valence-corrected chi connectivity index (χ0v) is 18.2. The van der Waals surface area contributed by atoms with Crippen molar-refractivity contribution < 1.29 is 13.7 Å². The largest absolute Gasteiger partial charge is 0.420 e. The van der Waals surface area contributed by atoms with E-state index in [0.29, 0.717) is 28.7 Å². The number of carbonyl (C=O) groups is 1. The predicted molar refractivity (Wildman–Crippen MR) is 115 cm³/mol. The van der Waals surface area contributed by atoms with Gasteiger partial charge in [0.25, 0.3) is 0 Å². The summed E-state index contributed by atoms with van der Waals surface area (Å²) in [7, 11) is 0. The van der Waals surface area contributed by atoms with Crippen LogP contribution in [-0.4, -0.2) is 51.2 Å². The molecule has 0 unspecified atom stereocenters. The third kappa shape index (κ3) is 5.16. The Hall–Kier alpha value is -2.65. The van der Waals surface area contributed by atoms with Crippen molar-refractivity contribution in [1.82, 2.24) is 24.9 Å². The molecular formula is C21H26ClN5O4. The number of hydrogen-bond acceptors (Lipinski definition) is 7. The Morgan fingerprint density at radius 1 is 1.26 bits per heavy atom. The Kier molecular flexibility index (Phi) is 6.72. The van der Waals surface area contributed by atoms with Crippen molar-refractivity contribution in [3.8, 4) is 0 Å². The summed E-state index contributed by atoms with van der Waals surface area (Å²) in [4.78, 5) is 31.1. The molecule has 1 fully saturated rings. The van der Waals surface area contributed by atoms with Crippen LogP contribution in [0.5, 0.6) is 0 Å². The van der Waals surface area contributed by atoms with Gasteiger partial charge in [0, 0.05) is 17.6 Å². The summed E-state index contributed by atoms with van der Waals surface area (Å²) in [5.41, 5.74) is 0.935. The van der Waals surface area contributed by atoms with E-state index in [2.05, 4.69) is 27.3 Å². The van der Waals surface area contributed by atoms with Gasteiger partial charge in [0.05, 0.1) is 12.1 Å². The second-order valence-corrected chi connectivity index (χ2v) is 8.36. The molecule has 1 N–H and O–H groups in total. The molecule has 0 radical (unpaired) electrons. The molecule has 4 rings (SSSR count). The number of amides is 1. The zero-order chi connectivity index (χ0) is 21.8. The Labute approximate surface area is 184 Å². The topological polar surface area (TPSA) is 106 Å². The molecule has 1 saturated heterocycles. The SMILES string of the molecule is C[C@@H](CCNC(=O)c1nc(Cn2c(=O)oc3ccc(Cl)cc32)no1)N1CCCCCC1. The number of nitrogens with zero attached hydrogens (tertiary/aromatic N) is 4. The van der Waals surface area contributed by atoms with Gasteiger partial charge in [0.15, 0.2) is 11.4 Å². The monoisotopic (exact) mass is 447 g/mol. The summed E-state index contributed by atoms with van der Waals surface area (Å²) >= 11 is 6.01. The van der Waals surface area contributed by atoms with Gasteiger partial charge in [-0.25, -0.2) is 4.79 Å². The molecule has 10 heteroatoms. The third-order valence-electron chi connectivity index (χ3n) is 5.70. The summed E-state index contributed by atoms with van der Waals surface area (Å²) in [6.07, 6.45) is 5.93. The molecule has 1 atom stereocenters. The number of carbonyl (C=O) groups excluding carboxylic acids is 1. The highest BCUT2D eigenvalue weighted by Gasteiger charge is 2.19. The van der Waals surface area contributed by atoms with Crippen molar-refractivity contribution >= 4 is 28.6 Å². The Morgan fingerprint density at radius 2 is 2.03 bits per heavy atom. The quantitative estimate of drug-likeness (QED) is 0.593. The number of likely N-dealkylation sites (tertiary alicyclic amines) is 1. The highest BCUT2D eigenvalue weighted by molar-refractivity contribution is 6.31. The molecule has 2 aromatic heterocycles. The molecule has 1 aromatic carbocycles. The molecule has 0 aliphatic carbocycles. The average Bonchev–Trinajstić information content (AvgIpc) is 3.22. The van der Waals surface area contributed by atoms with Crippen LogP contribution < -0.4 is 11.1 Å². The number of halogens is 1. The first kappa shape index (κ1) is 21.6. The number of aromatic nitrogens is 3. The molecule has 0 saturated carbocycles. The number of oxazole rings is 1. The third-order valence-corrected chi connectivity index (χ3v) is 5.94. The summed E-state index contributed by atoms with van der Waals surface area (Å²) in [6.45, 7) is 4.97. The fraction of sp³-hybridized carbons (Fsp3) is 0.524. The van der Waals surface area contributed by atoms with E-state index in [4.69, 9.17) is 20.5 Å². The van der Waals surface area contributed by atoms with Crippen LogP contribution in [0.15, 0.2) is 31.9 Å². The predicted octanol–water partition coefficient (Wildman–Crippen LogP) is 3.06. The molecule has 166 valence electrons. The fourth-order valence-corrected chi connectivity index (χ4v) is 4.09. The Morgan fingerprint density at radius 3 is 2.81 bits per heavy atom. The van der Waals surface area contributed by atoms with Crippen molar-refractivity contribution in [2.45, 2.75) is 51.6 Å². The van der Waals surface area contributed by atoms with Gasteiger partial charge in [0.1, 0.15) is 0 Å². The summed E-state index contributed by atoms with van der Waals surface area (Å²) in [5, 5.41) is 7.14. The minimum Gasteiger partial charge on any atom is -0.408 e. The molecule has 3 heterocycles. The highest BCUT2D eigenvalue weighted by atomic mass is 35.5. The van der Waals surface area contributed by atoms with Crippen LogP contribution in [0.1, 0.15) is 55.5 Å². The molecule has 3 aromatic rings. The lowest BCUT2D eigenvalue weighted by Gasteiger charge is -2.27. The van der Waals surface area contributed by atoms with E-state index in [0.717, 1.165) is 19.5 Å². The van der Waals surface area contributed by atoms with E-state index in [1.54, 1.807) is 18.2 Å². The van der Waals surface area contributed by atoms with E-state index in [-0.39, 0.29) is 18.3 Å². The molecule has 1 amide bonds. The summed E-state index contributed by atoms with van der Waals surface area (Å²) in [6, 6.07) is 5.30. The normalized spacial score (nSPS) is 16.3. The summed E-state index contributed by atoms with van der Waals surface area (Å²) < 4.78 is 11.6. The summed E-state index contributed by atoms with van der Waals surface area (Å²) in [5.74, 6) is -0.908. The van der Waals surface area contributed by atoms with Gasteiger partial charge in [-0.2, -0.15) is 4.98 Å². The highest BCUT2D eigenvalue weighted by Crippen LogP contribution is 2.19. The number of hydrogen-bond donors (Lipinski definition) is 1. The van der Waals surface area contributed by atoms with Gasteiger partial charge in [-0.05, 0) is 57.5 Å². The van der Waals surface area contributed by atoms with Crippen LogP contribution in [0.4, 0.5) is 0 Å². The van der Waals surface area contributed by atoms with Crippen molar-refractivity contribution in [2.24, 2.45) is 0 Å². The van der Waals surface area contributed by atoms with Crippen LogP contribution in [0.2, 0.25) is 5.02 Å². The number of benzene rings is 1. The van der Waals surface area contributed by atoms with E-state index in [9.17, 15) is 9.59 Å². The van der Waals surface area contributed by atoms with Gasteiger partial charge in [0.2, 0.25) is 0 Å². The molecule has 0 spiro atoms. The number of nitrogens with one attached hydrogen (secondary N) is 1. The fourth-order valence-electron chi connectivity index (χ4n) is 3.93. The van der Waals surface area contributed by atoms with E-state index in [1.165, 1.54) is 30.3 Å². The first-order chi connectivity index (χ1) is 15.0. The van der Waals surface area contributed by atoms with Gasteiger partial charge in [-0.3, -0.25) is 9.36 Å². The molecule has 0 bridgehead atoms. The second-order valence-electron chi connectivity index (χ2n) is 7.93. The standard InChI is InChI=1S/C21H26ClN5O4/c1-14(26-10-4-2-3-5-11-26)8-9-23-19(28)20-24-18(25-31-20)13-27-16-12-15(22)6-7-17(16)30-21(27)29/h6-7,12,14H,2-5,8-11,13H2,1H3,(H,23,28)/t14-/m0/s1.